The van der Waals surface area contributed by atoms with Crippen molar-refractivity contribution in [3.63, 3.8) is 0 Å². The second kappa shape index (κ2) is 8.33. The standard InChI is InChI=1S/C18H15FN6OS/c19-14-3-1-2-13(10-14)17-23-24-18(25(17)21)27-11-16(26)22-15-6-4-12(5-7-15)8-9-20/h1-7,10H,8,11,21H2,(H,22,26). The minimum Gasteiger partial charge on any atom is -0.335 e. The molecule has 9 heteroatoms. The number of nitrogens with zero attached hydrogens (tertiary/aromatic N) is 4. The van der Waals surface area contributed by atoms with E-state index in [1.165, 1.54) is 16.8 Å². The third kappa shape index (κ3) is 4.62. The lowest BCUT2D eigenvalue weighted by Gasteiger charge is -2.06. The topological polar surface area (TPSA) is 110 Å². The third-order valence-corrected chi connectivity index (χ3v) is 4.54. The maximum atomic E-state index is 13.3. The van der Waals surface area contributed by atoms with Gasteiger partial charge in [-0.15, -0.1) is 10.2 Å². The average molecular weight is 382 g/mol. The van der Waals surface area contributed by atoms with Crippen molar-refractivity contribution in [2.75, 3.05) is 16.9 Å². The smallest absolute Gasteiger partial charge is 0.234 e. The summed E-state index contributed by atoms with van der Waals surface area (Å²) < 4.78 is 14.6. The van der Waals surface area contributed by atoms with E-state index in [0.29, 0.717) is 28.7 Å². The molecular weight excluding hydrogens is 367 g/mol. The highest BCUT2D eigenvalue weighted by atomic mass is 32.2. The minimum atomic E-state index is -0.398. The first-order valence-electron chi connectivity index (χ1n) is 7.92. The van der Waals surface area contributed by atoms with Crippen molar-refractivity contribution < 1.29 is 9.18 Å². The van der Waals surface area contributed by atoms with Gasteiger partial charge in [0, 0.05) is 11.3 Å². The molecule has 3 N–H and O–H groups in total. The SMILES string of the molecule is N#CCc1ccc(NC(=O)CSc2nnc(-c3cccc(F)c3)n2N)cc1. The average Bonchev–Trinajstić information content (AvgIpc) is 3.02. The molecule has 1 heterocycles. The molecule has 0 fully saturated rings. The Kier molecular flexibility index (Phi) is 5.68. The Hall–Kier alpha value is -3.38. The van der Waals surface area contributed by atoms with Gasteiger partial charge in [-0.2, -0.15) is 5.26 Å². The van der Waals surface area contributed by atoms with Gasteiger partial charge in [-0.25, -0.2) is 9.07 Å². The highest BCUT2D eigenvalue weighted by Gasteiger charge is 2.14. The molecule has 0 saturated carbocycles. The van der Waals surface area contributed by atoms with Gasteiger partial charge in [-0.05, 0) is 29.8 Å². The fourth-order valence-corrected chi connectivity index (χ4v) is 2.98. The lowest BCUT2D eigenvalue weighted by Crippen LogP contribution is -2.16. The Morgan fingerprint density at radius 2 is 2.04 bits per heavy atom. The van der Waals surface area contributed by atoms with E-state index in [1.807, 2.05) is 0 Å². The highest BCUT2D eigenvalue weighted by Crippen LogP contribution is 2.22. The molecule has 3 rings (SSSR count). The monoisotopic (exact) mass is 382 g/mol. The predicted octanol–water partition coefficient (Wildman–Crippen LogP) is 2.59. The van der Waals surface area contributed by atoms with Gasteiger partial charge in [0.05, 0.1) is 18.2 Å². The number of thioether (sulfide) groups is 1. The number of rotatable bonds is 6. The van der Waals surface area contributed by atoms with Crippen LogP contribution < -0.4 is 11.2 Å². The molecule has 0 unspecified atom stereocenters. The van der Waals surface area contributed by atoms with E-state index < -0.39 is 5.82 Å². The fourth-order valence-electron chi connectivity index (χ4n) is 2.32. The van der Waals surface area contributed by atoms with Crippen LogP contribution in [0.5, 0.6) is 0 Å². The fraction of sp³-hybridized carbons (Fsp3) is 0.111. The summed E-state index contributed by atoms with van der Waals surface area (Å²) in [4.78, 5) is 12.1. The number of halogens is 1. The van der Waals surface area contributed by atoms with Crippen LogP contribution in [0.15, 0.2) is 53.7 Å². The molecule has 0 atom stereocenters. The van der Waals surface area contributed by atoms with Crippen LogP contribution in [0.3, 0.4) is 0 Å². The Bertz CT molecular complexity index is 996. The number of nitrogen functional groups attached to an aromatic ring is 1. The van der Waals surface area contributed by atoms with Crippen molar-refractivity contribution in [3.05, 3.63) is 59.9 Å². The minimum absolute atomic E-state index is 0.0818. The van der Waals surface area contributed by atoms with Crippen LogP contribution in [0.1, 0.15) is 5.56 Å². The molecule has 136 valence electrons. The molecule has 1 amide bonds. The van der Waals surface area contributed by atoms with E-state index in [2.05, 4.69) is 21.6 Å². The largest absolute Gasteiger partial charge is 0.335 e. The molecule has 3 aromatic rings. The van der Waals surface area contributed by atoms with Gasteiger partial charge in [-0.3, -0.25) is 4.79 Å². The summed E-state index contributed by atoms with van der Waals surface area (Å²) in [6.07, 6.45) is 0.323. The summed E-state index contributed by atoms with van der Waals surface area (Å²) in [5.74, 6) is 5.72. The number of hydrogen-bond acceptors (Lipinski definition) is 6. The molecule has 0 saturated heterocycles. The van der Waals surface area contributed by atoms with Gasteiger partial charge in [0.25, 0.3) is 0 Å². The molecule has 27 heavy (non-hydrogen) atoms. The number of amides is 1. The van der Waals surface area contributed by atoms with E-state index in [-0.39, 0.29) is 11.7 Å². The second-order valence-electron chi connectivity index (χ2n) is 5.56. The zero-order valence-electron chi connectivity index (χ0n) is 14.1. The summed E-state index contributed by atoms with van der Waals surface area (Å²) in [5.41, 5.74) is 2.02. The molecule has 0 aliphatic heterocycles. The molecule has 1 aromatic heterocycles. The lowest BCUT2D eigenvalue weighted by atomic mass is 10.1. The van der Waals surface area contributed by atoms with E-state index in [4.69, 9.17) is 11.1 Å². The zero-order valence-corrected chi connectivity index (χ0v) is 14.9. The Balaban J connectivity index is 1.60. The summed E-state index contributed by atoms with van der Waals surface area (Å²) >= 11 is 1.12. The third-order valence-electron chi connectivity index (χ3n) is 3.60. The molecule has 0 aliphatic rings. The number of aromatic nitrogens is 3. The summed E-state index contributed by atoms with van der Waals surface area (Å²) in [6.45, 7) is 0. The zero-order chi connectivity index (χ0) is 19.2. The van der Waals surface area contributed by atoms with E-state index in [0.717, 1.165) is 17.3 Å². The maximum absolute atomic E-state index is 13.3. The van der Waals surface area contributed by atoms with Gasteiger partial charge >= 0.3 is 0 Å². The van der Waals surface area contributed by atoms with Crippen molar-refractivity contribution >= 4 is 23.4 Å². The first kappa shape index (κ1) is 18.4. The van der Waals surface area contributed by atoms with Gasteiger partial charge in [0.2, 0.25) is 11.1 Å². The number of nitriles is 1. The van der Waals surface area contributed by atoms with Crippen molar-refractivity contribution in [1.82, 2.24) is 14.9 Å². The highest BCUT2D eigenvalue weighted by molar-refractivity contribution is 7.99. The maximum Gasteiger partial charge on any atom is 0.234 e. The molecule has 7 nitrogen and oxygen atoms in total. The van der Waals surface area contributed by atoms with Crippen molar-refractivity contribution in [2.45, 2.75) is 11.6 Å². The Labute approximate surface area is 159 Å². The van der Waals surface area contributed by atoms with Crippen molar-refractivity contribution in [3.8, 4) is 17.5 Å². The van der Waals surface area contributed by atoms with Crippen LogP contribution in [0.4, 0.5) is 10.1 Å². The summed E-state index contributed by atoms with van der Waals surface area (Å²) in [6, 6.07) is 15.0. The number of carbonyl (C=O) groups excluding carboxylic acids is 1. The van der Waals surface area contributed by atoms with E-state index in [9.17, 15) is 9.18 Å². The molecule has 0 bridgehead atoms. The van der Waals surface area contributed by atoms with E-state index >= 15 is 0 Å². The van der Waals surface area contributed by atoms with Crippen molar-refractivity contribution in [1.29, 1.82) is 5.26 Å². The first-order chi connectivity index (χ1) is 13.1. The van der Waals surface area contributed by atoms with Gasteiger partial charge in [0.15, 0.2) is 5.82 Å². The quantitative estimate of drug-likeness (QED) is 0.501. The Morgan fingerprint density at radius 3 is 2.74 bits per heavy atom. The molecule has 0 spiro atoms. The van der Waals surface area contributed by atoms with Gasteiger partial charge in [0.1, 0.15) is 5.82 Å². The number of nitrogens with two attached hydrogens (primary N) is 1. The number of nitrogens with one attached hydrogen (secondary N) is 1. The molecule has 0 aliphatic carbocycles. The van der Waals surface area contributed by atoms with Gasteiger partial charge in [-0.1, -0.05) is 36.0 Å². The first-order valence-corrected chi connectivity index (χ1v) is 8.90. The van der Waals surface area contributed by atoms with Crippen molar-refractivity contribution in [2.24, 2.45) is 0 Å². The lowest BCUT2D eigenvalue weighted by molar-refractivity contribution is -0.113. The van der Waals surface area contributed by atoms with Crippen LogP contribution in [0.25, 0.3) is 11.4 Å². The van der Waals surface area contributed by atoms with Crippen LogP contribution in [-0.4, -0.2) is 26.5 Å². The number of carbonyl (C=O) groups is 1. The summed E-state index contributed by atoms with van der Waals surface area (Å²) in [7, 11) is 0. The second-order valence-corrected chi connectivity index (χ2v) is 6.50. The van der Waals surface area contributed by atoms with Crippen LogP contribution in [0.2, 0.25) is 0 Å². The Morgan fingerprint density at radius 1 is 1.26 bits per heavy atom. The number of anilines is 1. The van der Waals surface area contributed by atoms with Gasteiger partial charge < -0.3 is 11.2 Å². The molecular formula is C18H15FN6OS. The number of hydrogen-bond donors (Lipinski definition) is 2. The van der Waals surface area contributed by atoms with E-state index in [1.54, 1.807) is 36.4 Å². The number of benzene rings is 2. The summed E-state index contributed by atoms with van der Waals surface area (Å²) in [5, 5.41) is 19.7. The molecule has 2 aromatic carbocycles. The van der Waals surface area contributed by atoms with Crippen LogP contribution in [-0.2, 0) is 11.2 Å². The van der Waals surface area contributed by atoms with Crippen LogP contribution >= 0.6 is 11.8 Å². The normalized spacial score (nSPS) is 10.4. The van der Waals surface area contributed by atoms with Crippen LogP contribution in [0, 0.1) is 17.1 Å². The predicted molar refractivity (Wildman–Crippen MR) is 101 cm³/mol. The molecule has 0 radical (unpaired) electrons.